The average molecular weight is 370 g/mol. The van der Waals surface area contributed by atoms with Crippen molar-refractivity contribution in [1.82, 2.24) is 10.2 Å². The van der Waals surface area contributed by atoms with E-state index in [-0.39, 0.29) is 13.0 Å². The summed E-state index contributed by atoms with van der Waals surface area (Å²) >= 11 is 0. The molecule has 0 saturated carbocycles. The first kappa shape index (κ1) is 20.4. The zero-order valence-corrected chi connectivity index (χ0v) is 15.7. The van der Waals surface area contributed by atoms with Crippen LogP contribution in [0.15, 0.2) is 24.3 Å². The molecule has 1 N–H and O–H groups in total. The Balaban J connectivity index is 1.64. The van der Waals surface area contributed by atoms with E-state index in [1.807, 2.05) is 45.0 Å². The molecule has 0 radical (unpaired) electrons. The maximum Gasteiger partial charge on any atom is 0.407 e. The number of ether oxygens (including phenoxy) is 2. The van der Waals surface area contributed by atoms with E-state index in [1.54, 1.807) is 4.90 Å². The van der Waals surface area contributed by atoms with Crippen molar-refractivity contribution in [3.63, 3.8) is 0 Å². The lowest BCUT2D eigenvalue weighted by Gasteiger charge is -2.19. The van der Waals surface area contributed by atoms with Crippen molar-refractivity contribution in [2.75, 3.05) is 32.8 Å². The molecule has 2 rings (SSSR count). The molecule has 0 unspecified atom stereocenters. The summed E-state index contributed by atoms with van der Waals surface area (Å²) in [6.45, 7) is 7.06. The van der Waals surface area contributed by atoms with Gasteiger partial charge in [0.2, 0.25) is 0 Å². The van der Waals surface area contributed by atoms with Crippen molar-refractivity contribution in [3.05, 3.63) is 29.8 Å². The van der Waals surface area contributed by atoms with Gasteiger partial charge in [0.25, 0.3) is 5.92 Å². The van der Waals surface area contributed by atoms with Gasteiger partial charge in [-0.1, -0.05) is 12.1 Å². The molecule has 0 bridgehead atoms. The van der Waals surface area contributed by atoms with Gasteiger partial charge in [0.05, 0.1) is 6.54 Å². The summed E-state index contributed by atoms with van der Waals surface area (Å²) in [7, 11) is 0. The fourth-order valence-electron chi connectivity index (χ4n) is 2.67. The predicted molar refractivity (Wildman–Crippen MR) is 95.9 cm³/mol. The molecular weight excluding hydrogens is 342 g/mol. The number of alkyl halides is 2. The first-order chi connectivity index (χ1) is 12.1. The third kappa shape index (κ3) is 7.56. The van der Waals surface area contributed by atoms with Gasteiger partial charge in [-0.25, -0.2) is 13.6 Å². The smallest absolute Gasteiger partial charge is 0.407 e. The standard InChI is InChI=1S/C19H28F2N2O3/c1-18(2,3)26-17(24)22-10-8-15-4-6-16(7-5-15)25-13-12-23-11-9-19(20,21)14-23/h4-7H,8-14H2,1-3H3,(H,22,24). The molecule has 1 amide bonds. The summed E-state index contributed by atoms with van der Waals surface area (Å²) in [6, 6.07) is 7.55. The molecule has 1 heterocycles. The Morgan fingerprint density at radius 1 is 1.27 bits per heavy atom. The van der Waals surface area contributed by atoms with Gasteiger partial charge < -0.3 is 14.8 Å². The minimum Gasteiger partial charge on any atom is -0.492 e. The lowest BCUT2D eigenvalue weighted by Crippen LogP contribution is -2.33. The molecule has 0 aromatic heterocycles. The molecule has 7 heteroatoms. The molecule has 1 fully saturated rings. The number of benzene rings is 1. The summed E-state index contributed by atoms with van der Waals surface area (Å²) in [5, 5.41) is 2.72. The van der Waals surface area contributed by atoms with E-state index in [0.717, 1.165) is 5.56 Å². The van der Waals surface area contributed by atoms with Crippen LogP contribution in [-0.4, -0.2) is 55.3 Å². The topological polar surface area (TPSA) is 50.8 Å². The first-order valence-electron chi connectivity index (χ1n) is 8.92. The Kier molecular flexibility index (Phi) is 6.81. The number of nitrogens with zero attached hydrogens (tertiary/aromatic N) is 1. The summed E-state index contributed by atoms with van der Waals surface area (Å²) in [6.07, 6.45) is 0.187. The highest BCUT2D eigenvalue weighted by atomic mass is 19.3. The van der Waals surface area contributed by atoms with Crippen LogP contribution in [0.2, 0.25) is 0 Å². The van der Waals surface area contributed by atoms with Gasteiger partial charge in [-0.15, -0.1) is 0 Å². The highest BCUT2D eigenvalue weighted by molar-refractivity contribution is 5.67. The van der Waals surface area contributed by atoms with Crippen LogP contribution in [0.4, 0.5) is 13.6 Å². The second kappa shape index (κ2) is 8.66. The van der Waals surface area contributed by atoms with E-state index < -0.39 is 17.6 Å². The largest absolute Gasteiger partial charge is 0.492 e. The van der Waals surface area contributed by atoms with E-state index in [9.17, 15) is 13.6 Å². The van der Waals surface area contributed by atoms with Crippen LogP contribution < -0.4 is 10.1 Å². The van der Waals surface area contributed by atoms with Crippen LogP contribution in [0, 0.1) is 0 Å². The van der Waals surface area contributed by atoms with Crippen LogP contribution in [-0.2, 0) is 11.2 Å². The number of carbonyl (C=O) groups is 1. The maximum absolute atomic E-state index is 13.1. The highest BCUT2D eigenvalue weighted by Crippen LogP contribution is 2.26. The summed E-state index contributed by atoms with van der Waals surface area (Å²) in [5.41, 5.74) is 0.557. The number of alkyl carbamates (subject to hydrolysis) is 1. The Bertz CT molecular complexity index is 585. The van der Waals surface area contributed by atoms with Crippen LogP contribution in [0.25, 0.3) is 0 Å². The van der Waals surface area contributed by atoms with Gasteiger partial charge in [-0.05, 0) is 44.9 Å². The van der Waals surface area contributed by atoms with Crippen molar-refractivity contribution in [1.29, 1.82) is 0 Å². The number of hydrogen-bond donors (Lipinski definition) is 1. The number of carbonyl (C=O) groups excluding carboxylic acids is 1. The van der Waals surface area contributed by atoms with Crippen LogP contribution in [0.5, 0.6) is 5.75 Å². The first-order valence-corrected chi connectivity index (χ1v) is 8.92. The molecule has 1 aliphatic rings. The number of rotatable bonds is 7. The monoisotopic (exact) mass is 370 g/mol. The van der Waals surface area contributed by atoms with Crippen LogP contribution in [0.3, 0.4) is 0 Å². The fourth-order valence-corrected chi connectivity index (χ4v) is 2.67. The van der Waals surface area contributed by atoms with Gasteiger partial charge in [-0.2, -0.15) is 0 Å². The van der Waals surface area contributed by atoms with Gasteiger partial charge in [0, 0.05) is 26.1 Å². The van der Waals surface area contributed by atoms with Gasteiger partial charge in [-0.3, -0.25) is 4.90 Å². The fraction of sp³-hybridized carbons (Fsp3) is 0.632. The van der Waals surface area contributed by atoms with Crippen molar-refractivity contribution in [2.24, 2.45) is 0 Å². The predicted octanol–water partition coefficient (Wildman–Crippen LogP) is 3.47. The normalized spacial score (nSPS) is 17.1. The number of hydrogen-bond acceptors (Lipinski definition) is 4. The molecule has 5 nitrogen and oxygen atoms in total. The van der Waals surface area contributed by atoms with E-state index in [4.69, 9.17) is 9.47 Å². The number of likely N-dealkylation sites (tertiary alicyclic amines) is 1. The van der Waals surface area contributed by atoms with Crippen molar-refractivity contribution in [2.45, 2.75) is 45.1 Å². The highest BCUT2D eigenvalue weighted by Gasteiger charge is 2.37. The quantitative estimate of drug-likeness (QED) is 0.798. The Morgan fingerprint density at radius 3 is 2.54 bits per heavy atom. The molecular formula is C19H28F2N2O3. The van der Waals surface area contributed by atoms with Crippen LogP contribution >= 0.6 is 0 Å². The Hall–Kier alpha value is -1.89. The lowest BCUT2D eigenvalue weighted by molar-refractivity contribution is 0.0112. The van der Waals surface area contributed by atoms with Crippen molar-refractivity contribution >= 4 is 6.09 Å². The average Bonchev–Trinajstić information content (AvgIpc) is 2.86. The molecule has 0 atom stereocenters. The third-order valence-electron chi connectivity index (χ3n) is 3.93. The zero-order chi connectivity index (χ0) is 19.2. The molecule has 0 aliphatic carbocycles. The molecule has 1 saturated heterocycles. The Morgan fingerprint density at radius 2 is 1.96 bits per heavy atom. The SMILES string of the molecule is CC(C)(C)OC(=O)NCCc1ccc(OCCN2CCC(F)(F)C2)cc1. The lowest BCUT2D eigenvalue weighted by atomic mass is 10.1. The van der Waals surface area contributed by atoms with E-state index in [1.165, 1.54) is 0 Å². The van der Waals surface area contributed by atoms with Gasteiger partial charge in [0.15, 0.2) is 0 Å². The van der Waals surface area contributed by atoms with E-state index in [0.29, 0.717) is 38.4 Å². The molecule has 1 aromatic carbocycles. The zero-order valence-electron chi connectivity index (χ0n) is 15.7. The van der Waals surface area contributed by atoms with Crippen molar-refractivity contribution < 1.29 is 23.0 Å². The minimum absolute atomic E-state index is 0.0704. The van der Waals surface area contributed by atoms with E-state index in [2.05, 4.69) is 5.32 Å². The number of halogens is 2. The number of amides is 1. The third-order valence-corrected chi connectivity index (χ3v) is 3.93. The molecule has 26 heavy (non-hydrogen) atoms. The van der Waals surface area contributed by atoms with E-state index >= 15 is 0 Å². The molecule has 1 aliphatic heterocycles. The second-order valence-corrected chi connectivity index (χ2v) is 7.55. The van der Waals surface area contributed by atoms with Gasteiger partial charge in [0.1, 0.15) is 18.0 Å². The van der Waals surface area contributed by atoms with Crippen molar-refractivity contribution in [3.8, 4) is 5.75 Å². The second-order valence-electron chi connectivity index (χ2n) is 7.55. The minimum atomic E-state index is -2.56. The summed E-state index contributed by atoms with van der Waals surface area (Å²) in [4.78, 5) is 13.3. The molecule has 146 valence electrons. The van der Waals surface area contributed by atoms with Crippen LogP contribution in [0.1, 0.15) is 32.8 Å². The Labute approximate surface area is 153 Å². The molecule has 0 spiro atoms. The molecule has 1 aromatic rings. The summed E-state index contributed by atoms with van der Waals surface area (Å²) < 4.78 is 37.0. The van der Waals surface area contributed by atoms with Gasteiger partial charge >= 0.3 is 6.09 Å². The number of nitrogens with one attached hydrogen (secondary N) is 1. The maximum atomic E-state index is 13.1. The summed E-state index contributed by atoms with van der Waals surface area (Å²) in [5.74, 6) is -1.85.